The summed E-state index contributed by atoms with van der Waals surface area (Å²) in [7, 11) is 0. The Morgan fingerprint density at radius 2 is 2.11 bits per heavy atom. The van der Waals surface area contributed by atoms with Gasteiger partial charge in [0.2, 0.25) is 0 Å². The molecule has 0 spiro atoms. The molecular formula is C15H25ClN2. The Labute approximate surface area is 116 Å². The zero-order valence-electron chi connectivity index (χ0n) is 11.5. The second-order valence-electron chi connectivity index (χ2n) is 4.93. The van der Waals surface area contributed by atoms with Gasteiger partial charge in [-0.2, -0.15) is 0 Å². The lowest BCUT2D eigenvalue weighted by molar-refractivity contribution is 0.356. The average Bonchev–Trinajstić information content (AvgIpc) is 2.39. The first kappa shape index (κ1) is 15.5. The van der Waals surface area contributed by atoms with E-state index in [0.29, 0.717) is 0 Å². The van der Waals surface area contributed by atoms with Gasteiger partial charge in [-0.3, -0.25) is 11.3 Å². The Hall–Kier alpha value is -0.570. The molecule has 1 aromatic rings. The third-order valence-electron chi connectivity index (χ3n) is 3.56. The molecule has 0 bridgehead atoms. The molecule has 3 N–H and O–H groups in total. The van der Waals surface area contributed by atoms with Crippen molar-refractivity contribution in [3.05, 3.63) is 34.9 Å². The van der Waals surface area contributed by atoms with Crippen molar-refractivity contribution in [2.24, 2.45) is 11.8 Å². The Morgan fingerprint density at radius 1 is 1.33 bits per heavy atom. The van der Waals surface area contributed by atoms with Crippen molar-refractivity contribution in [1.82, 2.24) is 5.43 Å². The van der Waals surface area contributed by atoms with E-state index in [1.54, 1.807) is 0 Å². The van der Waals surface area contributed by atoms with E-state index in [-0.39, 0.29) is 6.04 Å². The molecule has 102 valence electrons. The highest BCUT2D eigenvalue weighted by Crippen LogP contribution is 2.27. The van der Waals surface area contributed by atoms with Crippen LogP contribution in [0.4, 0.5) is 0 Å². The van der Waals surface area contributed by atoms with E-state index in [9.17, 15) is 0 Å². The van der Waals surface area contributed by atoms with Crippen LogP contribution in [0.1, 0.15) is 57.6 Å². The van der Waals surface area contributed by atoms with Crippen molar-refractivity contribution < 1.29 is 0 Å². The highest BCUT2D eigenvalue weighted by molar-refractivity contribution is 6.30. The van der Waals surface area contributed by atoms with Gasteiger partial charge in [0.05, 0.1) is 0 Å². The fourth-order valence-electron chi connectivity index (χ4n) is 2.34. The topological polar surface area (TPSA) is 38.0 Å². The number of hydrazine groups is 1. The second-order valence-corrected chi connectivity index (χ2v) is 5.36. The first-order valence-electron chi connectivity index (χ1n) is 6.92. The average molecular weight is 269 g/mol. The van der Waals surface area contributed by atoms with Crippen molar-refractivity contribution in [1.29, 1.82) is 0 Å². The lowest BCUT2D eigenvalue weighted by Gasteiger charge is -2.22. The number of halogens is 1. The maximum absolute atomic E-state index is 6.03. The molecule has 18 heavy (non-hydrogen) atoms. The largest absolute Gasteiger partial charge is 0.271 e. The van der Waals surface area contributed by atoms with Crippen LogP contribution in [-0.4, -0.2) is 0 Å². The van der Waals surface area contributed by atoms with E-state index in [1.165, 1.54) is 31.2 Å². The molecule has 0 saturated carbocycles. The maximum atomic E-state index is 6.03. The van der Waals surface area contributed by atoms with Crippen LogP contribution in [0.2, 0.25) is 5.02 Å². The number of rotatable bonds is 8. The van der Waals surface area contributed by atoms with Crippen molar-refractivity contribution in [3.8, 4) is 0 Å². The van der Waals surface area contributed by atoms with Gasteiger partial charge in [-0.25, -0.2) is 0 Å². The van der Waals surface area contributed by atoms with E-state index in [4.69, 9.17) is 17.4 Å². The van der Waals surface area contributed by atoms with Crippen LogP contribution in [0, 0.1) is 5.92 Å². The summed E-state index contributed by atoms with van der Waals surface area (Å²) in [6.07, 6.45) is 6.12. The predicted molar refractivity (Wildman–Crippen MR) is 79.4 cm³/mol. The van der Waals surface area contributed by atoms with E-state index in [0.717, 1.165) is 17.4 Å². The molecular weight excluding hydrogens is 244 g/mol. The number of nitrogens with two attached hydrogens (primary N) is 1. The summed E-state index contributed by atoms with van der Waals surface area (Å²) in [6, 6.07) is 8.16. The minimum Gasteiger partial charge on any atom is -0.271 e. The fraction of sp³-hybridized carbons (Fsp3) is 0.600. The summed E-state index contributed by atoms with van der Waals surface area (Å²) in [5.41, 5.74) is 4.11. The summed E-state index contributed by atoms with van der Waals surface area (Å²) >= 11 is 6.03. The third-order valence-corrected chi connectivity index (χ3v) is 3.80. The Bertz CT molecular complexity index is 341. The summed E-state index contributed by atoms with van der Waals surface area (Å²) < 4.78 is 0. The van der Waals surface area contributed by atoms with E-state index >= 15 is 0 Å². The summed E-state index contributed by atoms with van der Waals surface area (Å²) in [6.45, 7) is 4.49. The molecule has 0 amide bonds. The highest BCUT2D eigenvalue weighted by atomic mass is 35.5. The zero-order chi connectivity index (χ0) is 13.4. The monoisotopic (exact) mass is 268 g/mol. The molecule has 0 aliphatic rings. The van der Waals surface area contributed by atoms with Crippen molar-refractivity contribution in [2.75, 3.05) is 0 Å². The van der Waals surface area contributed by atoms with Gasteiger partial charge in [0.25, 0.3) is 0 Å². The van der Waals surface area contributed by atoms with Crippen LogP contribution < -0.4 is 11.3 Å². The number of nitrogens with one attached hydrogen (secondary N) is 1. The molecule has 0 fully saturated rings. The predicted octanol–water partition coefficient (Wildman–Crippen LogP) is 4.45. The van der Waals surface area contributed by atoms with Gasteiger partial charge >= 0.3 is 0 Å². The molecule has 0 heterocycles. The van der Waals surface area contributed by atoms with Crippen LogP contribution in [0.5, 0.6) is 0 Å². The highest BCUT2D eigenvalue weighted by Gasteiger charge is 2.15. The van der Waals surface area contributed by atoms with Crippen LogP contribution >= 0.6 is 11.6 Å². The van der Waals surface area contributed by atoms with Gasteiger partial charge in [-0.15, -0.1) is 0 Å². The standard InChI is InChI=1S/C15H25ClN2/c1-3-5-7-12(4-2)10-15(18-17)13-8-6-9-14(16)11-13/h6,8-9,11-12,15,18H,3-5,7,10,17H2,1-2H3. The third kappa shape index (κ3) is 4.97. The maximum Gasteiger partial charge on any atom is 0.0463 e. The van der Waals surface area contributed by atoms with Crippen molar-refractivity contribution >= 4 is 11.6 Å². The SMILES string of the molecule is CCCCC(CC)CC(NN)c1cccc(Cl)c1. The number of hydrogen-bond acceptors (Lipinski definition) is 2. The quantitative estimate of drug-likeness (QED) is 0.540. The fourth-order valence-corrected chi connectivity index (χ4v) is 2.54. The molecule has 3 heteroatoms. The Kier molecular flexibility index (Phi) is 7.33. The zero-order valence-corrected chi connectivity index (χ0v) is 12.2. The lowest BCUT2D eigenvalue weighted by Crippen LogP contribution is -2.29. The van der Waals surface area contributed by atoms with Gasteiger partial charge in [0.15, 0.2) is 0 Å². The Morgan fingerprint density at radius 3 is 2.67 bits per heavy atom. The van der Waals surface area contributed by atoms with Crippen LogP contribution in [-0.2, 0) is 0 Å². The lowest BCUT2D eigenvalue weighted by atomic mass is 9.89. The number of benzene rings is 1. The summed E-state index contributed by atoms with van der Waals surface area (Å²) in [4.78, 5) is 0. The van der Waals surface area contributed by atoms with Crippen LogP contribution in [0.3, 0.4) is 0 Å². The normalized spacial score (nSPS) is 14.4. The molecule has 2 atom stereocenters. The van der Waals surface area contributed by atoms with Gasteiger partial charge in [-0.1, -0.05) is 63.3 Å². The van der Waals surface area contributed by atoms with Gasteiger partial charge in [0.1, 0.15) is 0 Å². The summed E-state index contributed by atoms with van der Waals surface area (Å²) in [5, 5.41) is 0.773. The van der Waals surface area contributed by atoms with Gasteiger partial charge in [0, 0.05) is 11.1 Å². The van der Waals surface area contributed by atoms with Crippen molar-refractivity contribution in [2.45, 2.75) is 52.0 Å². The van der Waals surface area contributed by atoms with E-state index < -0.39 is 0 Å². The first-order chi connectivity index (χ1) is 8.71. The molecule has 2 nitrogen and oxygen atoms in total. The smallest absolute Gasteiger partial charge is 0.0463 e. The van der Waals surface area contributed by atoms with E-state index in [2.05, 4.69) is 25.3 Å². The number of hydrogen-bond donors (Lipinski definition) is 2. The molecule has 0 aliphatic carbocycles. The first-order valence-corrected chi connectivity index (χ1v) is 7.30. The number of unbranched alkanes of at least 4 members (excludes halogenated alkanes) is 1. The molecule has 1 aromatic carbocycles. The van der Waals surface area contributed by atoms with Crippen LogP contribution in [0.25, 0.3) is 0 Å². The van der Waals surface area contributed by atoms with E-state index in [1.807, 2.05) is 18.2 Å². The van der Waals surface area contributed by atoms with Gasteiger partial charge < -0.3 is 0 Å². The summed E-state index contributed by atoms with van der Waals surface area (Å²) in [5.74, 6) is 6.42. The molecule has 0 radical (unpaired) electrons. The molecule has 0 aromatic heterocycles. The second kappa shape index (κ2) is 8.52. The van der Waals surface area contributed by atoms with Crippen molar-refractivity contribution in [3.63, 3.8) is 0 Å². The minimum absolute atomic E-state index is 0.200. The minimum atomic E-state index is 0.200. The molecule has 0 saturated heterocycles. The molecule has 2 unspecified atom stereocenters. The molecule has 0 aliphatic heterocycles. The van der Waals surface area contributed by atoms with Gasteiger partial charge in [-0.05, 0) is 30.0 Å². The molecule has 1 rings (SSSR count). The van der Waals surface area contributed by atoms with Crippen LogP contribution in [0.15, 0.2) is 24.3 Å². The Balaban J connectivity index is 2.65.